The fourth-order valence-electron chi connectivity index (χ4n) is 2.10. The Balaban J connectivity index is 2.72. The molecule has 0 spiro atoms. The summed E-state index contributed by atoms with van der Waals surface area (Å²) in [7, 11) is 2.13. The number of amides is 1. The molecule has 0 saturated carbocycles. The highest BCUT2D eigenvalue weighted by Gasteiger charge is 2.31. The first-order chi connectivity index (χ1) is 6.82. The summed E-state index contributed by atoms with van der Waals surface area (Å²) in [6.45, 7) is 11.1. The van der Waals surface area contributed by atoms with Crippen LogP contribution in [0.25, 0.3) is 0 Å². The van der Waals surface area contributed by atoms with E-state index < -0.39 is 0 Å². The molecular weight excluding hydrogens is 188 g/mol. The Kier molecular flexibility index (Phi) is 3.77. The summed E-state index contributed by atoms with van der Waals surface area (Å²) in [4.78, 5) is 16.5. The van der Waals surface area contributed by atoms with Gasteiger partial charge >= 0.3 is 0 Å². The molecule has 3 heteroatoms. The van der Waals surface area contributed by atoms with E-state index in [-0.39, 0.29) is 11.3 Å². The van der Waals surface area contributed by atoms with Crippen molar-refractivity contribution < 1.29 is 4.79 Å². The predicted molar refractivity (Wildman–Crippen MR) is 62.7 cm³/mol. The lowest BCUT2D eigenvalue weighted by molar-refractivity contribution is -0.141. The van der Waals surface area contributed by atoms with Crippen LogP contribution in [-0.2, 0) is 4.79 Å². The number of hydrogen-bond donors (Lipinski definition) is 0. The summed E-state index contributed by atoms with van der Waals surface area (Å²) in [5.74, 6) is 0.283. The average Bonchev–Trinajstić information content (AvgIpc) is 2.23. The second kappa shape index (κ2) is 4.52. The van der Waals surface area contributed by atoms with E-state index in [4.69, 9.17) is 0 Å². The monoisotopic (exact) mass is 212 g/mol. The molecule has 0 N–H and O–H groups in total. The number of likely N-dealkylation sites (N-methyl/N-ethyl adjacent to an activating group) is 1. The van der Waals surface area contributed by atoms with Gasteiger partial charge in [0.1, 0.15) is 0 Å². The fourth-order valence-corrected chi connectivity index (χ4v) is 2.10. The molecular formula is C12H24N2O. The first kappa shape index (κ1) is 12.5. The van der Waals surface area contributed by atoms with E-state index in [9.17, 15) is 4.79 Å². The number of carbonyl (C=O) groups excluding carboxylic acids is 1. The zero-order valence-corrected chi connectivity index (χ0v) is 10.7. The van der Waals surface area contributed by atoms with Crippen molar-refractivity contribution in [1.29, 1.82) is 0 Å². The number of rotatable bonds is 0. The van der Waals surface area contributed by atoms with Gasteiger partial charge in [-0.25, -0.2) is 0 Å². The molecule has 1 amide bonds. The second-order valence-electron chi connectivity index (χ2n) is 5.71. The Morgan fingerprint density at radius 1 is 1.27 bits per heavy atom. The van der Waals surface area contributed by atoms with Gasteiger partial charge in [0.2, 0.25) is 5.91 Å². The van der Waals surface area contributed by atoms with Crippen LogP contribution in [0.4, 0.5) is 0 Å². The molecule has 15 heavy (non-hydrogen) atoms. The summed E-state index contributed by atoms with van der Waals surface area (Å²) in [6, 6.07) is 0.337. The molecule has 1 aliphatic rings. The van der Waals surface area contributed by atoms with E-state index in [1.807, 2.05) is 25.7 Å². The van der Waals surface area contributed by atoms with E-state index in [2.05, 4.69) is 18.9 Å². The van der Waals surface area contributed by atoms with Gasteiger partial charge in [-0.2, -0.15) is 0 Å². The molecule has 0 bridgehead atoms. The molecule has 1 aliphatic heterocycles. The lowest BCUT2D eigenvalue weighted by Gasteiger charge is -2.33. The van der Waals surface area contributed by atoms with Gasteiger partial charge in [-0.05, 0) is 26.9 Å². The molecule has 0 aliphatic carbocycles. The van der Waals surface area contributed by atoms with Crippen molar-refractivity contribution >= 4 is 5.91 Å². The van der Waals surface area contributed by atoms with Crippen LogP contribution >= 0.6 is 0 Å². The highest BCUT2D eigenvalue weighted by atomic mass is 16.2. The first-order valence-electron chi connectivity index (χ1n) is 5.82. The summed E-state index contributed by atoms with van der Waals surface area (Å²) in [6.07, 6.45) is 1.09. The third-order valence-corrected chi connectivity index (χ3v) is 2.95. The number of nitrogens with zero attached hydrogens (tertiary/aromatic N) is 2. The first-order valence-corrected chi connectivity index (χ1v) is 5.82. The maximum Gasteiger partial charge on any atom is 0.228 e. The van der Waals surface area contributed by atoms with Crippen molar-refractivity contribution in [3.8, 4) is 0 Å². The van der Waals surface area contributed by atoms with Gasteiger partial charge in [0, 0.05) is 24.5 Å². The summed E-state index contributed by atoms with van der Waals surface area (Å²) in [5, 5.41) is 0. The maximum absolute atomic E-state index is 12.2. The Bertz CT molecular complexity index is 232. The third kappa shape index (κ3) is 3.20. The van der Waals surface area contributed by atoms with Crippen molar-refractivity contribution in [1.82, 2.24) is 9.80 Å². The third-order valence-electron chi connectivity index (χ3n) is 2.95. The molecule has 1 fully saturated rings. The molecule has 0 aromatic carbocycles. The molecule has 0 aromatic heterocycles. The van der Waals surface area contributed by atoms with Gasteiger partial charge in [0.25, 0.3) is 0 Å². The minimum Gasteiger partial charge on any atom is -0.338 e. The standard InChI is InChI=1S/C12H24N2O/c1-10-9-13(5)7-6-8-14(10)11(15)12(2,3)4/h10H,6-9H2,1-5H3. The second-order valence-corrected chi connectivity index (χ2v) is 5.71. The zero-order valence-electron chi connectivity index (χ0n) is 10.7. The van der Waals surface area contributed by atoms with Crippen molar-refractivity contribution in [3.05, 3.63) is 0 Å². The largest absolute Gasteiger partial charge is 0.338 e. The van der Waals surface area contributed by atoms with E-state index in [0.29, 0.717) is 6.04 Å². The van der Waals surface area contributed by atoms with E-state index >= 15 is 0 Å². The van der Waals surface area contributed by atoms with Crippen LogP contribution in [0.3, 0.4) is 0 Å². The number of hydrogen-bond acceptors (Lipinski definition) is 2. The maximum atomic E-state index is 12.2. The van der Waals surface area contributed by atoms with E-state index in [1.165, 1.54) is 0 Å². The van der Waals surface area contributed by atoms with Crippen molar-refractivity contribution in [2.45, 2.75) is 40.2 Å². The molecule has 3 nitrogen and oxygen atoms in total. The van der Waals surface area contributed by atoms with Crippen LogP contribution < -0.4 is 0 Å². The minimum atomic E-state index is -0.253. The lowest BCUT2D eigenvalue weighted by atomic mass is 9.94. The highest BCUT2D eigenvalue weighted by Crippen LogP contribution is 2.20. The Morgan fingerprint density at radius 3 is 2.40 bits per heavy atom. The van der Waals surface area contributed by atoms with Gasteiger partial charge in [0.05, 0.1) is 0 Å². The van der Waals surface area contributed by atoms with Crippen molar-refractivity contribution in [2.75, 3.05) is 26.7 Å². The van der Waals surface area contributed by atoms with Crippen LogP contribution in [0.15, 0.2) is 0 Å². The Labute approximate surface area is 93.4 Å². The van der Waals surface area contributed by atoms with Crippen LogP contribution in [0, 0.1) is 5.41 Å². The van der Waals surface area contributed by atoms with Crippen molar-refractivity contribution in [3.63, 3.8) is 0 Å². The van der Waals surface area contributed by atoms with Crippen LogP contribution in [0.1, 0.15) is 34.1 Å². The SMILES string of the molecule is CC1CN(C)CCCN1C(=O)C(C)(C)C. The van der Waals surface area contributed by atoms with Crippen LogP contribution in [0.2, 0.25) is 0 Å². The smallest absolute Gasteiger partial charge is 0.228 e. The molecule has 1 unspecified atom stereocenters. The molecule has 88 valence electrons. The molecule has 1 rings (SSSR count). The van der Waals surface area contributed by atoms with Crippen molar-refractivity contribution in [2.24, 2.45) is 5.41 Å². The fraction of sp³-hybridized carbons (Fsp3) is 0.917. The van der Waals surface area contributed by atoms with Gasteiger partial charge in [-0.1, -0.05) is 20.8 Å². The molecule has 1 atom stereocenters. The highest BCUT2D eigenvalue weighted by molar-refractivity contribution is 5.81. The van der Waals surface area contributed by atoms with Gasteiger partial charge < -0.3 is 9.80 Å². The van der Waals surface area contributed by atoms with Gasteiger partial charge in [-0.15, -0.1) is 0 Å². The molecule has 1 heterocycles. The lowest BCUT2D eigenvalue weighted by Crippen LogP contribution is -2.46. The average molecular weight is 212 g/mol. The zero-order chi connectivity index (χ0) is 11.6. The minimum absolute atomic E-state index is 0.253. The molecule has 0 aromatic rings. The normalized spacial score (nSPS) is 25.1. The molecule has 0 radical (unpaired) electrons. The number of carbonyl (C=O) groups is 1. The Morgan fingerprint density at radius 2 is 1.87 bits per heavy atom. The summed E-state index contributed by atoms with van der Waals surface area (Å²) in [5.41, 5.74) is -0.253. The van der Waals surface area contributed by atoms with Gasteiger partial charge in [0.15, 0.2) is 0 Å². The summed E-state index contributed by atoms with van der Waals surface area (Å²) < 4.78 is 0. The Hall–Kier alpha value is -0.570. The van der Waals surface area contributed by atoms with E-state index in [0.717, 1.165) is 26.1 Å². The molecule has 1 saturated heterocycles. The summed E-state index contributed by atoms with van der Waals surface area (Å²) >= 11 is 0. The van der Waals surface area contributed by atoms with Crippen LogP contribution in [-0.4, -0.2) is 48.4 Å². The van der Waals surface area contributed by atoms with Gasteiger partial charge in [-0.3, -0.25) is 4.79 Å². The quantitative estimate of drug-likeness (QED) is 0.609. The topological polar surface area (TPSA) is 23.6 Å². The van der Waals surface area contributed by atoms with E-state index in [1.54, 1.807) is 0 Å². The predicted octanol–water partition coefficient (Wildman–Crippen LogP) is 1.59. The van der Waals surface area contributed by atoms with Crippen LogP contribution in [0.5, 0.6) is 0 Å².